The summed E-state index contributed by atoms with van der Waals surface area (Å²) >= 11 is 0. The normalized spacial score (nSPS) is 12.4. The summed E-state index contributed by atoms with van der Waals surface area (Å²) in [5, 5.41) is 2.85. The number of rotatable bonds is 6. The second kappa shape index (κ2) is 7.55. The Balaban J connectivity index is 1.58. The quantitative estimate of drug-likeness (QED) is 0.829. The number of benzene rings is 2. The molecule has 0 radical (unpaired) electrons. The fourth-order valence-corrected chi connectivity index (χ4v) is 2.37. The minimum Gasteiger partial charge on any atom is -0.493 e. The third-order valence-corrected chi connectivity index (χ3v) is 3.54. The zero-order chi connectivity index (χ0) is 16.8. The summed E-state index contributed by atoms with van der Waals surface area (Å²) in [6.07, 6.45) is 3.25. The summed E-state index contributed by atoms with van der Waals surface area (Å²) in [7, 11) is 0. The first-order valence-corrected chi connectivity index (χ1v) is 7.82. The van der Waals surface area contributed by atoms with E-state index in [1.807, 2.05) is 49.4 Å². The fourth-order valence-electron chi connectivity index (χ4n) is 2.37. The van der Waals surface area contributed by atoms with Gasteiger partial charge in [-0.3, -0.25) is 4.79 Å². The lowest BCUT2D eigenvalue weighted by Crippen LogP contribution is -2.20. The lowest BCUT2D eigenvalue weighted by molar-refractivity contribution is -0.116. The maximum absolute atomic E-state index is 12.0. The summed E-state index contributed by atoms with van der Waals surface area (Å²) in [6.45, 7) is 3.18. The largest absolute Gasteiger partial charge is 0.493 e. The van der Waals surface area contributed by atoms with E-state index in [4.69, 9.17) is 14.2 Å². The Bertz CT molecular complexity index is 755. The number of hydrogen-bond donors (Lipinski definition) is 1. The lowest BCUT2D eigenvalue weighted by atomic mass is 10.2. The van der Waals surface area contributed by atoms with Crippen LogP contribution in [-0.4, -0.2) is 19.3 Å². The molecule has 0 saturated carbocycles. The standard InChI is InChI=1S/C19H19NO4/c1-2-22-16-6-4-3-5-15(16)8-10-19(21)20-12-14-7-9-17-18(11-14)24-13-23-17/h3-11H,2,12-13H2,1H3,(H,20,21)/b10-8+. The Morgan fingerprint density at radius 3 is 2.92 bits per heavy atom. The van der Waals surface area contributed by atoms with Gasteiger partial charge < -0.3 is 19.5 Å². The Hall–Kier alpha value is -2.95. The molecule has 3 rings (SSSR count). The summed E-state index contributed by atoms with van der Waals surface area (Å²) in [5.74, 6) is 2.04. The van der Waals surface area contributed by atoms with Crippen molar-refractivity contribution >= 4 is 12.0 Å². The number of nitrogens with one attached hydrogen (secondary N) is 1. The van der Waals surface area contributed by atoms with Gasteiger partial charge in [0, 0.05) is 18.2 Å². The smallest absolute Gasteiger partial charge is 0.244 e. The first-order valence-electron chi connectivity index (χ1n) is 7.82. The van der Waals surface area contributed by atoms with Crippen molar-refractivity contribution in [3.05, 3.63) is 59.7 Å². The zero-order valence-corrected chi connectivity index (χ0v) is 13.5. The third-order valence-electron chi connectivity index (χ3n) is 3.54. The minimum atomic E-state index is -0.168. The van der Waals surface area contributed by atoms with Crippen molar-refractivity contribution in [2.24, 2.45) is 0 Å². The van der Waals surface area contributed by atoms with E-state index in [-0.39, 0.29) is 12.7 Å². The zero-order valence-electron chi connectivity index (χ0n) is 13.5. The van der Waals surface area contributed by atoms with Crippen LogP contribution in [0.2, 0.25) is 0 Å². The van der Waals surface area contributed by atoms with Crippen LogP contribution in [0.3, 0.4) is 0 Å². The molecule has 1 aliphatic heterocycles. The predicted molar refractivity (Wildman–Crippen MR) is 91.1 cm³/mol. The van der Waals surface area contributed by atoms with Crippen molar-refractivity contribution < 1.29 is 19.0 Å². The first-order chi connectivity index (χ1) is 11.8. The van der Waals surface area contributed by atoms with Crippen molar-refractivity contribution in [1.29, 1.82) is 0 Å². The van der Waals surface area contributed by atoms with E-state index in [1.165, 1.54) is 6.08 Å². The highest BCUT2D eigenvalue weighted by Gasteiger charge is 2.13. The van der Waals surface area contributed by atoms with Gasteiger partial charge in [0.15, 0.2) is 11.5 Å². The third kappa shape index (κ3) is 3.87. The van der Waals surface area contributed by atoms with Crippen LogP contribution in [0.25, 0.3) is 6.08 Å². The Kier molecular flexibility index (Phi) is 5.01. The van der Waals surface area contributed by atoms with Gasteiger partial charge in [-0.2, -0.15) is 0 Å². The molecule has 2 aromatic rings. The maximum atomic E-state index is 12.0. The van der Waals surface area contributed by atoms with E-state index in [9.17, 15) is 4.79 Å². The van der Waals surface area contributed by atoms with Crippen molar-refractivity contribution in [3.8, 4) is 17.2 Å². The Morgan fingerprint density at radius 2 is 2.04 bits per heavy atom. The monoisotopic (exact) mass is 325 g/mol. The average molecular weight is 325 g/mol. The Morgan fingerprint density at radius 1 is 1.21 bits per heavy atom. The van der Waals surface area contributed by atoms with Gasteiger partial charge in [0.05, 0.1) is 6.61 Å². The number of carbonyl (C=O) groups is 1. The fraction of sp³-hybridized carbons (Fsp3) is 0.211. The molecule has 0 fully saturated rings. The van der Waals surface area contributed by atoms with Crippen LogP contribution in [0.4, 0.5) is 0 Å². The highest BCUT2D eigenvalue weighted by Crippen LogP contribution is 2.32. The molecule has 124 valence electrons. The molecule has 1 N–H and O–H groups in total. The average Bonchev–Trinajstić information content (AvgIpc) is 3.07. The van der Waals surface area contributed by atoms with Gasteiger partial charge in [0.25, 0.3) is 0 Å². The van der Waals surface area contributed by atoms with Crippen molar-refractivity contribution in [1.82, 2.24) is 5.32 Å². The number of carbonyl (C=O) groups excluding carboxylic acids is 1. The molecule has 2 aromatic carbocycles. The number of ether oxygens (including phenoxy) is 3. The number of fused-ring (bicyclic) bond motifs is 1. The maximum Gasteiger partial charge on any atom is 0.244 e. The highest BCUT2D eigenvalue weighted by atomic mass is 16.7. The highest BCUT2D eigenvalue weighted by molar-refractivity contribution is 5.92. The lowest BCUT2D eigenvalue weighted by Gasteiger charge is -2.06. The molecule has 0 atom stereocenters. The van der Waals surface area contributed by atoms with E-state index in [2.05, 4.69) is 5.32 Å². The number of hydrogen-bond acceptors (Lipinski definition) is 4. The van der Waals surface area contributed by atoms with Gasteiger partial charge in [-0.25, -0.2) is 0 Å². The minimum absolute atomic E-state index is 0.168. The Labute approximate surface area is 140 Å². The van der Waals surface area contributed by atoms with Gasteiger partial charge in [0.2, 0.25) is 12.7 Å². The molecule has 24 heavy (non-hydrogen) atoms. The molecule has 0 spiro atoms. The molecule has 0 aromatic heterocycles. The molecule has 0 saturated heterocycles. The first kappa shape index (κ1) is 15.9. The summed E-state index contributed by atoms with van der Waals surface area (Å²) < 4.78 is 16.1. The predicted octanol–water partition coefficient (Wildman–Crippen LogP) is 3.14. The molecule has 0 aliphatic carbocycles. The van der Waals surface area contributed by atoms with Gasteiger partial charge in [-0.15, -0.1) is 0 Å². The van der Waals surface area contributed by atoms with Crippen LogP contribution < -0.4 is 19.5 Å². The van der Waals surface area contributed by atoms with E-state index < -0.39 is 0 Å². The second-order valence-corrected chi connectivity index (χ2v) is 5.21. The number of para-hydroxylation sites is 1. The van der Waals surface area contributed by atoms with Gasteiger partial charge in [-0.1, -0.05) is 24.3 Å². The van der Waals surface area contributed by atoms with Crippen molar-refractivity contribution in [2.45, 2.75) is 13.5 Å². The molecule has 1 aliphatic rings. The summed E-state index contributed by atoms with van der Waals surface area (Å²) in [5.41, 5.74) is 1.83. The van der Waals surface area contributed by atoms with E-state index >= 15 is 0 Å². The van der Waals surface area contributed by atoms with Crippen LogP contribution in [-0.2, 0) is 11.3 Å². The van der Waals surface area contributed by atoms with Gasteiger partial charge >= 0.3 is 0 Å². The molecule has 1 heterocycles. The van der Waals surface area contributed by atoms with Crippen LogP contribution in [0, 0.1) is 0 Å². The molecular weight excluding hydrogens is 306 g/mol. The topological polar surface area (TPSA) is 56.8 Å². The molecular formula is C19H19NO4. The van der Waals surface area contributed by atoms with Crippen LogP contribution >= 0.6 is 0 Å². The summed E-state index contributed by atoms with van der Waals surface area (Å²) in [6, 6.07) is 13.2. The summed E-state index contributed by atoms with van der Waals surface area (Å²) in [4.78, 5) is 12.0. The van der Waals surface area contributed by atoms with E-state index in [0.717, 1.165) is 22.6 Å². The van der Waals surface area contributed by atoms with Crippen LogP contribution in [0.15, 0.2) is 48.5 Å². The van der Waals surface area contributed by atoms with Gasteiger partial charge in [-0.05, 0) is 36.8 Å². The molecule has 0 unspecified atom stereocenters. The molecule has 0 bridgehead atoms. The van der Waals surface area contributed by atoms with E-state index in [1.54, 1.807) is 6.08 Å². The van der Waals surface area contributed by atoms with Crippen LogP contribution in [0.5, 0.6) is 17.2 Å². The molecule has 1 amide bonds. The molecule has 5 nitrogen and oxygen atoms in total. The second-order valence-electron chi connectivity index (χ2n) is 5.21. The van der Waals surface area contributed by atoms with Crippen molar-refractivity contribution in [3.63, 3.8) is 0 Å². The number of amides is 1. The SMILES string of the molecule is CCOc1ccccc1/C=C/C(=O)NCc1ccc2c(c1)OCO2. The molecule has 5 heteroatoms. The van der Waals surface area contributed by atoms with Gasteiger partial charge in [0.1, 0.15) is 5.75 Å². The van der Waals surface area contributed by atoms with Crippen LogP contribution in [0.1, 0.15) is 18.1 Å². The van der Waals surface area contributed by atoms with Crippen molar-refractivity contribution in [2.75, 3.05) is 13.4 Å². The van der Waals surface area contributed by atoms with E-state index in [0.29, 0.717) is 18.9 Å².